The molecule has 1 N–H and O–H groups in total. The number of nitrogens with one attached hydrogen (secondary N) is 1. The number of aromatic amines is 1. The number of nitrogens with zero attached hydrogens (tertiary/aromatic N) is 2. The minimum Gasteiger partial charge on any atom is -0.361 e. The monoisotopic (exact) mass is 183 g/mol. The van der Waals surface area contributed by atoms with Crippen LogP contribution in [-0.4, -0.2) is 15.0 Å². The Labute approximate surface area is 80.8 Å². The minimum atomic E-state index is 0.806. The van der Waals surface area contributed by atoms with Gasteiger partial charge in [-0.15, -0.1) is 0 Å². The van der Waals surface area contributed by atoms with Crippen LogP contribution in [0.3, 0.4) is 0 Å². The van der Waals surface area contributed by atoms with Gasteiger partial charge in [0.15, 0.2) is 5.65 Å². The number of aryl methyl sites for hydroxylation is 1. The van der Waals surface area contributed by atoms with Crippen LogP contribution in [0, 0.1) is 6.92 Å². The Balaban J connectivity index is 2.57. The summed E-state index contributed by atoms with van der Waals surface area (Å²) in [5.74, 6) is 0. The van der Waals surface area contributed by atoms with Gasteiger partial charge >= 0.3 is 0 Å². The topological polar surface area (TPSA) is 41.6 Å². The van der Waals surface area contributed by atoms with Gasteiger partial charge in [0.1, 0.15) is 0 Å². The van der Waals surface area contributed by atoms with E-state index in [2.05, 4.69) is 21.0 Å². The molecule has 0 aliphatic heterocycles. The van der Waals surface area contributed by atoms with Crippen LogP contribution < -0.4 is 0 Å². The van der Waals surface area contributed by atoms with Crippen LogP contribution in [0.5, 0.6) is 0 Å². The predicted octanol–water partition coefficient (Wildman–Crippen LogP) is 2.42. The van der Waals surface area contributed by atoms with E-state index in [0.717, 1.165) is 27.6 Å². The molecule has 3 nitrogen and oxygen atoms in total. The van der Waals surface area contributed by atoms with Crippen molar-refractivity contribution in [1.29, 1.82) is 0 Å². The molecule has 0 unspecified atom stereocenters. The summed E-state index contributed by atoms with van der Waals surface area (Å²) >= 11 is 0. The Morgan fingerprint density at radius 3 is 3.07 bits per heavy atom. The van der Waals surface area contributed by atoms with Gasteiger partial charge in [-0.3, -0.25) is 0 Å². The van der Waals surface area contributed by atoms with Crippen molar-refractivity contribution in [2.45, 2.75) is 6.92 Å². The van der Waals surface area contributed by atoms with E-state index in [9.17, 15) is 0 Å². The molecule has 0 bridgehead atoms. The summed E-state index contributed by atoms with van der Waals surface area (Å²) in [5, 5.41) is 2.21. The lowest BCUT2D eigenvalue weighted by atomic mass is 10.2. The van der Waals surface area contributed by atoms with E-state index in [1.807, 2.05) is 31.5 Å². The van der Waals surface area contributed by atoms with Crippen molar-refractivity contribution in [1.82, 2.24) is 15.0 Å². The van der Waals surface area contributed by atoms with Crippen LogP contribution >= 0.6 is 0 Å². The number of aromatic nitrogens is 3. The average molecular weight is 183 g/mol. The van der Waals surface area contributed by atoms with Gasteiger partial charge in [0.25, 0.3) is 0 Å². The van der Waals surface area contributed by atoms with E-state index >= 15 is 0 Å². The van der Waals surface area contributed by atoms with Crippen molar-refractivity contribution in [3.8, 4) is 0 Å². The molecule has 3 heteroatoms. The highest BCUT2D eigenvalue weighted by atomic mass is 14.9. The van der Waals surface area contributed by atoms with E-state index in [1.165, 1.54) is 0 Å². The molecule has 14 heavy (non-hydrogen) atoms. The van der Waals surface area contributed by atoms with Crippen molar-refractivity contribution in [3.63, 3.8) is 0 Å². The second-order valence-corrected chi connectivity index (χ2v) is 3.39. The predicted molar refractivity (Wildman–Crippen MR) is 56.1 cm³/mol. The summed E-state index contributed by atoms with van der Waals surface area (Å²) in [7, 11) is 0. The third kappa shape index (κ3) is 0.923. The first-order chi connectivity index (χ1) is 6.84. The minimum absolute atomic E-state index is 0.806. The normalized spacial score (nSPS) is 11.2. The molecule has 3 heterocycles. The summed E-state index contributed by atoms with van der Waals surface area (Å²) < 4.78 is 0. The van der Waals surface area contributed by atoms with Crippen molar-refractivity contribution in [2.75, 3.05) is 0 Å². The lowest BCUT2D eigenvalue weighted by Crippen LogP contribution is -1.86. The van der Waals surface area contributed by atoms with Crippen LogP contribution in [-0.2, 0) is 0 Å². The Bertz CT molecular complexity index is 610. The quantitative estimate of drug-likeness (QED) is 0.581. The lowest BCUT2D eigenvalue weighted by molar-refractivity contribution is 1.21. The maximum Gasteiger partial charge on any atom is 0.161 e. The summed E-state index contributed by atoms with van der Waals surface area (Å²) in [5.41, 5.74) is 2.92. The maximum atomic E-state index is 4.37. The zero-order valence-electron chi connectivity index (χ0n) is 7.78. The van der Waals surface area contributed by atoms with Gasteiger partial charge in [0.05, 0.1) is 5.52 Å². The third-order valence-electron chi connectivity index (χ3n) is 2.39. The van der Waals surface area contributed by atoms with E-state index in [0.29, 0.717) is 0 Å². The maximum absolute atomic E-state index is 4.37. The second kappa shape index (κ2) is 2.54. The van der Waals surface area contributed by atoms with Crippen molar-refractivity contribution < 1.29 is 0 Å². The summed E-state index contributed by atoms with van der Waals surface area (Å²) in [6.07, 6.45) is 3.77. The van der Waals surface area contributed by atoms with Gasteiger partial charge in [-0.25, -0.2) is 9.97 Å². The van der Waals surface area contributed by atoms with Crippen LogP contribution in [0.1, 0.15) is 5.69 Å². The number of hydrogen-bond donors (Lipinski definition) is 1. The molecule has 0 atom stereocenters. The van der Waals surface area contributed by atoms with Gasteiger partial charge in [0.2, 0.25) is 0 Å². The van der Waals surface area contributed by atoms with Crippen LogP contribution in [0.2, 0.25) is 0 Å². The SMILES string of the molecule is Cc1ccc2c(ncc3cc[nH]c32)n1. The zero-order chi connectivity index (χ0) is 9.54. The molecule has 0 amide bonds. The molecule has 0 saturated carbocycles. The van der Waals surface area contributed by atoms with Gasteiger partial charge in [-0.2, -0.15) is 0 Å². The van der Waals surface area contributed by atoms with E-state index in [4.69, 9.17) is 0 Å². The Kier molecular flexibility index (Phi) is 1.36. The molecule has 0 aliphatic carbocycles. The molecule has 0 aromatic carbocycles. The molecule has 3 rings (SSSR count). The largest absolute Gasteiger partial charge is 0.361 e. The first-order valence-corrected chi connectivity index (χ1v) is 4.54. The van der Waals surface area contributed by atoms with Crippen molar-refractivity contribution in [2.24, 2.45) is 0 Å². The fourth-order valence-corrected chi connectivity index (χ4v) is 1.69. The number of fused-ring (bicyclic) bond motifs is 3. The van der Waals surface area contributed by atoms with E-state index < -0.39 is 0 Å². The molecule has 0 spiro atoms. The van der Waals surface area contributed by atoms with E-state index in [1.54, 1.807) is 0 Å². The summed E-state index contributed by atoms with van der Waals surface area (Å²) in [6.45, 7) is 1.97. The number of H-pyrrole nitrogens is 1. The average Bonchev–Trinajstić information content (AvgIpc) is 2.65. The van der Waals surface area contributed by atoms with Gasteiger partial charge in [-0.1, -0.05) is 0 Å². The molecular weight excluding hydrogens is 174 g/mol. The highest BCUT2D eigenvalue weighted by Crippen LogP contribution is 2.20. The van der Waals surface area contributed by atoms with Gasteiger partial charge < -0.3 is 4.98 Å². The van der Waals surface area contributed by atoms with Crippen LogP contribution in [0.15, 0.2) is 30.6 Å². The molecular formula is C11H9N3. The third-order valence-corrected chi connectivity index (χ3v) is 2.39. The van der Waals surface area contributed by atoms with Crippen molar-refractivity contribution in [3.05, 3.63) is 36.3 Å². The first kappa shape index (κ1) is 7.50. The fraction of sp³-hybridized carbons (Fsp3) is 0.0909. The van der Waals surface area contributed by atoms with Gasteiger partial charge in [-0.05, 0) is 25.1 Å². The first-order valence-electron chi connectivity index (χ1n) is 4.54. The zero-order valence-corrected chi connectivity index (χ0v) is 7.78. The number of rotatable bonds is 0. The Hall–Kier alpha value is -1.90. The Morgan fingerprint density at radius 2 is 2.14 bits per heavy atom. The van der Waals surface area contributed by atoms with Crippen LogP contribution in [0.25, 0.3) is 21.9 Å². The molecule has 0 aliphatic rings. The molecule has 0 radical (unpaired) electrons. The lowest BCUT2D eigenvalue weighted by Gasteiger charge is -1.98. The second-order valence-electron chi connectivity index (χ2n) is 3.39. The fourth-order valence-electron chi connectivity index (χ4n) is 1.69. The summed E-state index contributed by atoms with van der Waals surface area (Å²) in [4.78, 5) is 11.9. The highest BCUT2D eigenvalue weighted by Gasteiger charge is 2.02. The van der Waals surface area contributed by atoms with Crippen LogP contribution in [0.4, 0.5) is 0 Å². The molecule has 0 fully saturated rings. The Morgan fingerprint density at radius 1 is 1.21 bits per heavy atom. The number of pyridine rings is 2. The van der Waals surface area contributed by atoms with Gasteiger partial charge in [0, 0.05) is 28.9 Å². The molecule has 0 saturated heterocycles. The standard InChI is InChI=1S/C11H9N3/c1-7-2-3-9-10-8(4-5-12-10)6-13-11(9)14-7/h2-6,12H,1H3. The van der Waals surface area contributed by atoms with Crippen molar-refractivity contribution >= 4 is 21.9 Å². The molecule has 3 aromatic rings. The smallest absolute Gasteiger partial charge is 0.161 e. The van der Waals surface area contributed by atoms with E-state index in [-0.39, 0.29) is 0 Å². The number of hydrogen-bond acceptors (Lipinski definition) is 2. The molecule has 3 aromatic heterocycles. The summed E-state index contributed by atoms with van der Waals surface area (Å²) in [6, 6.07) is 6.08. The highest BCUT2D eigenvalue weighted by molar-refractivity contribution is 6.01. The molecule has 68 valence electrons.